The smallest absolute Gasteiger partial charge is 0.318 e. The average Bonchev–Trinajstić information content (AvgIpc) is 2.64. The summed E-state index contributed by atoms with van der Waals surface area (Å²) in [5.74, 6) is -0.946. The number of aliphatic hydroxyl groups excluding tert-OH is 1. The number of hydrogen-bond acceptors (Lipinski definition) is 4. The van der Waals surface area contributed by atoms with E-state index in [1.54, 1.807) is 0 Å². The number of carbonyl (C=O) groups excluding carboxylic acids is 1. The van der Waals surface area contributed by atoms with Gasteiger partial charge < -0.3 is 25.2 Å². The van der Waals surface area contributed by atoms with Gasteiger partial charge in [0.1, 0.15) is 0 Å². The number of carboxylic acid groups (broad SMARTS) is 1. The van der Waals surface area contributed by atoms with Crippen LogP contribution in [0.5, 0.6) is 0 Å². The van der Waals surface area contributed by atoms with Crippen LogP contribution in [0.3, 0.4) is 0 Å². The number of carboxylic acids is 1. The summed E-state index contributed by atoms with van der Waals surface area (Å²) in [6.45, 7) is 1.04. The van der Waals surface area contributed by atoms with Crippen LogP contribution in [0, 0.1) is 0 Å². The van der Waals surface area contributed by atoms with Crippen molar-refractivity contribution >= 4 is 12.0 Å². The lowest BCUT2D eigenvalue weighted by Gasteiger charge is -2.36. The molecular formula is C14H24N2O5. The molecule has 0 spiro atoms. The summed E-state index contributed by atoms with van der Waals surface area (Å²) in [5, 5.41) is 21.8. The molecule has 2 rings (SSSR count). The van der Waals surface area contributed by atoms with Crippen LogP contribution in [0.25, 0.3) is 0 Å². The minimum atomic E-state index is -0.946. The maximum Gasteiger partial charge on any atom is 0.318 e. The molecule has 3 atom stereocenters. The number of urea groups is 1. The van der Waals surface area contributed by atoms with E-state index >= 15 is 0 Å². The lowest BCUT2D eigenvalue weighted by Crippen LogP contribution is -2.56. The maximum absolute atomic E-state index is 12.4. The largest absolute Gasteiger partial charge is 0.481 e. The van der Waals surface area contributed by atoms with E-state index in [9.17, 15) is 14.7 Å². The number of nitrogens with one attached hydrogen (secondary N) is 1. The Morgan fingerprint density at radius 1 is 1.24 bits per heavy atom. The second-order valence-electron chi connectivity index (χ2n) is 5.78. The third kappa shape index (κ3) is 4.57. The number of aliphatic hydroxyl groups is 1. The van der Waals surface area contributed by atoms with Crippen molar-refractivity contribution < 1.29 is 24.5 Å². The van der Waals surface area contributed by atoms with Gasteiger partial charge in [-0.2, -0.15) is 0 Å². The van der Waals surface area contributed by atoms with Crippen molar-refractivity contribution in [3.63, 3.8) is 0 Å². The van der Waals surface area contributed by atoms with E-state index in [4.69, 9.17) is 9.84 Å². The standard InChI is InChI=1S/C14H24N2O5/c17-12-5-3-1-2-4-11(12)15-14(20)16-6-7-21-9-10(16)8-13(18)19/h10-12,17H,1-9H2,(H,15,20)(H,18,19). The topological polar surface area (TPSA) is 99.1 Å². The van der Waals surface area contributed by atoms with E-state index in [2.05, 4.69) is 5.32 Å². The Hall–Kier alpha value is -1.34. The summed E-state index contributed by atoms with van der Waals surface area (Å²) in [6.07, 6.45) is 3.86. The maximum atomic E-state index is 12.4. The molecule has 2 amide bonds. The van der Waals surface area contributed by atoms with Crippen LogP contribution in [-0.2, 0) is 9.53 Å². The van der Waals surface area contributed by atoms with Gasteiger partial charge in [-0.3, -0.25) is 4.79 Å². The SMILES string of the molecule is O=C(O)CC1COCCN1C(=O)NC1CCCCCC1O. The van der Waals surface area contributed by atoms with E-state index in [1.807, 2.05) is 0 Å². The van der Waals surface area contributed by atoms with Crippen LogP contribution in [0.4, 0.5) is 4.79 Å². The summed E-state index contributed by atoms with van der Waals surface area (Å²) < 4.78 is 5.26. The quantitative estimate of drug-likeness (QED) is 0.662. The van der Waals surface area contributed by atoms with Gasteiger partial charge in [0.15, 0.2) is 0 Å². The van der Waals surface area contributed by atoms with E-state index in [1.165, 1.54) is 4.90 Å². The number of rotatable bonds is 3. The van der Waals surface area contributed by atoms with Gasteiger partial charge in [-0.1, -0.05) is 19.3 Å². The van der Waals surface area contributed by atoms with E-state index in [0.717, 1.165) is 25.7 Å². The molecule has 7 nitrogen and oxygen atoms in total. The van der Waals surface area contributed by atoms with Crippen LogP contribution >= 0.6 is 0 Å². The molecule has 0 aromatic carbocycles. The average molecular weight is 300 g/mol. The first-order chi connectivity index (χ1) is 10.1. The fraction of sp³-hybridized carbons (Fsp3) is 0.857. The van der Waals surface area contributed by atoms with Crippen molar-refractivity contribution in [3.8, 4) is 0 Å². The van der Waals surface area contributed by atoms with Gasteiger partial charge in [-0.05, 0) is 12.8 Å². The first-order valence-corrected chi connectivity index (χ1v) is 7.62. The molecule has 1 heterocycles. The predicted molar refractivity (Wildman–Crippen MR) is 75.0 cm³/mol. The second-order valence-corrected chi connectivity index (χ2v) is 5.78. The van der Waals surface area contributed by atoms with Crippen molar-refractivity contribution in [2.24, 2.45) is 0 Å². The number of ether oxygens (including phenoxy) is 1. The monoisotopic (exact) mass is 300 g/mol. The number of carbonyl (C=O) groups is 2. The minimum Gasteiger partial charge on any atom is -0.481 e. The molecule has 1 saturated heterocycles. The van der Waals surface area contributed by atoms with E-state index < -0.39 is 18.1 Å². The fourth-order valence-electron chi connectivity index (χ4n) is 2.99. The second kappa shape index (κ2) is 7.61. The summed E-state index contributed by atoms with van der Waals surface area (Å²) in [7, 11) is 0. The van der Waals surface area contributed by atoms with Crippen LogP contribution in [0.1, 0.15) is 38.5 Å². The van der Waals surface area contributed by atoms with Crippen LogP contribution in [0.2, 0.25) is 0 Å². The molecule has 0 bridgehead atoms. The van der Waals surface area contributed by atoms with Crippen molar-refractivity contribution in [1.29, 1.82) is 0 Å². The fourth-order valence-corrected chi connectivity index (χ4v) is 2.99. The van der Waals surface area contributed by atoms with Gasteiger partial charge in [0.25, 0.3) is 0 Å². The van der Waals surface area contributed by atoms with Gasteiger partial charge in [-0.15, -0.1) is 0 Å². The summed E-state index contributed by atoms with van der Waals surface area (Å²) >= 11 is 0. The molecular weight excluding hydrogens is 276 g/mol. The third-order valence-corrected chi connectivity index (χ3v) is 4.19. The molecule has 3 N–H and O–H groups in total. The molecule has 0 aromatic heterocycles. The lowest BCUT2D eigenvalue weighted by molar-refractivity contribution is -0.139. The predicted octanol–water partition coefficient (Wildman–Crippen LogP) is 0.565. The van der Waals surface area contributed by atoms with Gasteiger partial charge in [0.05, 0.1) is 37.8 Å². The highest BCUT2D eigenvalue weighted by Gasteiger charge is 2.31. The molecule has 3 unspecified atom stereocenters. The molecule has 1 aliphatic carbocycles. The van der Waals surface area contributed by atoms with Gasteiger partial charge >= 0.3 is 12.0 Å². The van der Waals surface area contributed by atoms with Crippen LogP contribution in [0.15, 0.2) is 0 Å². The van der Waals surface area contributed by atoms with E-state index in [0.29, 0.717) is 19.6 Å². The lowest BCUT2D eigenvalue weighted by atomic mass is 10.1. The molecule has 1 aliphatic heterocycles. The van der Waals surface area contributed by atoms with Crippen molar-refractivity contribution in [2.45, 2.75) is 56.7 Å². The zero-order valence-corrected chi connectivity index (χ0v) is 12.2. The Bertz CT molecular complexity index is 376. The number of amides is 2. The normalized spacial score (nSPS) is 30.5. The Morgan fingerprint density at radius 2 is 2.00 bits per heavy atom. The Kier molecular flexibility index (Phi) is 5.81. The first-order valence-electron chi connectivity index (χ1n) is 7.62. The zero-order valence-electron chi connectivity index (χ0n) is 12.2. The Balaban J connectivity index is 1.94. The van der Waals surface area contributed by atoms with Crippen molar-refractivity contribution in [1.82, 2.24) is 10.2 Å². The molecule has 2 fully saturated rings. The highest BCUT2D eigenvalue weighted by Crippen LogP contribution is 2.19. The van der Waals surface area contributed by atoms with Crippen molar-refractivity contribution in [3.05, 3.63) is 0 Å². The summed E-state index contributed by atoms with van der Waals surface area (Å²) in [4.78, 5) is 24.8. The Labute approximate surface area is 124 Å². The van der Waals surface area contributed by atoms with Crippen molar-refractivity contribution in [2.75, 3.05) is 19.8 Å². The van der Waals surface area contributed by atoms with Gasteiger partial charge in [0, 0.05) is 6.54 Å². The number of aliphatic carboxylic acids is 1. The molecule has 120 valence electrons. The molecule has 2 aliphatic rings. The van der Waals surface area contributed by atoms with Gasteiger partial charge in [-0.25, -0.2) is 4.79 Å². The zero-order chi connectivity index (χ0) is 15.2. The van der Waals surface area contributed by atoms with Crippen LogP contribution in [-0.4, -0.2) is 65.1 Å². The number of hydrogen-bond donors (Lipinski definition) is 3. The van der Waals surface area contributed by atoms with Gasteiger partial charge in [0.2, 0.25) is 0 Å². The summed E-state index contributed by atoms with van der Waals surface area (Å²) in [6, 6.07) is -0.983. The summed E-state index contributed by atoms with van der Waals surface area (Å²) in [5.41, 5.74) is 0. The minimum absolute atomic E-state index is 0.124. The molecule has 7 heteroatoms. The molecule has 21 heavy (non-hydrogen) atoms. The van der Waals surface area contributed by atoms with E-state index in [-0.39, 0.29) is 25.1 Å². The first kappa shape index (κ1) is 16.0. The molecule has 1 saturated carbocycles. The number of morpholine rings is 1. The third-order valence-electron chi connectivity index (χ3n) is 4.19. The highest BCUT2D eigenvalue weighted by atomic mass is 16.5. The molecule has 0 radical (unpaired) electrons. The van der Waals surface area contributed by atoms with Crippen LogP contribution < -0.4 is 5.32 Å². The molecule has 0 aromatic rings. The number of nitrogens with zero attached hydrogens (tertiary/aromatic N) is 1. The Morgan fingerprint density at radius 3 is 2.76 bits per heavy atom. The highest BCUT2D eigenvalue weighted by molar-refractivity contribution is 5.76.